The van der Waals surface area contributed by atoms with Gasteiger partial charge in [0.2, 0.25) is 10.0 Å². The number of carbonyl (C=O) groups excluding carboxylic acids is 1. The highest BCUT2D eigenvalue weighted by atomic mass is 32.2. The van der Waals surface area contributed by atoms with Crippen molar-refractivity contribution in [1.82, 2.24) is 14.5 Å². The van der Waals surface area contributed by atoms with E-state index < -0.39 is 10.0 Å². The molecule has 0 aromatic heterocycles. The average Bonchev–Trinajstić information content (AvgIpc) is 2.79. The van der Waals surface area contributed by atoms with E-state index in [1.54, 1.807) is 25.3 Å². The third-order valence-corrected chi connectivity index (χ3v) is 7.79. The van der Waals surface area contributed by atoms with Crippen LogP contribution in [0.15, 0.2) is 53.4 Å². The summed E-state index contributed by atoms with van der Waals surface area (Å²) >= 11 is 0. The normalized spacial score (nSPS) is 18.3. The number of sulfonamides is 1. The summed E-state index contributed by atoms with van der Waals surface area (Å²) in [5.74, 6) is 0.816. The smallest absolute Gasteiger partial charge is 0.251 e. The van der Waals surface area contributed by atoms with Crippen LogP contribution in [0, 0.1) is 5.92 Å². The minimum Gasteiger partial charge on any atom is -0.497 e. The van der Waals surface area contributed by atoms with E-state index >= 15 is 0 Å². The maximum absolute atomic E-state index is 13.1. The Morgan fingerprint density at radius 2 is 1.94 bits per heavy atom. The van der Waals surface area contributed by atoms with Crippen LogP contribution in [0.5, 0.6) is 5.75 Å². The first-order valence-corrected chi connectivity index (χ1v) is 12.3. The quantitative estimate of drug-likeness (QED) is 0.656. The fourth-order valence-corrected chi connectivity index (χ4v) is 5.67. The number of nitrogens with zero attached hydrogens (tertiary/aromatic N) is 2. The van der Waals surface area contributed by atoms with Crippen molar-refractivity contribution in [3.8, 4) is 5.75 Å². The van der Waals surface area contributed by atoms with Crippen LogP contribution in [0.4, 0.5) is 0 Å². The second-order valence-electron chi connectivity index (χ2n) is 8.60. The third kappa shape index (κ3) is 5.68. The Morgan fingerprint density at radius 3 is 2.56 bits per heavy atom. The van der Waals surface area contributed by atoms with Gasteiger partial charge in [-0.3, -0.25) is 4.79 Å². The highest BCUT2D eigenvalue weighted by Gasteiger charge is 2.29. The molecule has 1 amide bonds. The lowest BCUT2D eigenvalue weighted by atomic mass is 10.0. The van der Waals surface area contributed by atoms with Gasteiger partial charge in [0.15, 0.2) is 0 Å². The van der Waals surface area contributed by atoms with Crippen molar-refractivity contribution in [3.05, 3.63) is 59.7 Å². The second kappa shape index (κ2) is 10.5. The molecule has 1 heterocycles. The first kappa shape index (κ1) is 24.2. The van der Waals surface area contributed by atoms with Crippen LogP contribution in [-0.4, -0.2) is 64.4 Å². The molecule has 8 heteroatoms. The van der Waals surface area contributed by atoms with Gasteiger partial charge in [0, 0.05) is 25.2 Å². The van der Waals surface area contributed by atoms with Crippen LogP contribution in [0.2, 0.25) is 0 Å². The number of rotatable bonds is 8. The molecular formula is C24H33N3O4S. The largest absolute Gasteiger partial charge is 0.497 e. The second-order valence-corrected chi connectivity index (χ2v) is 10.5. The third-order valence-electron chi connectivity index (χ3n) is 5.93. The van der Waals surface area contributed by atoms with E-state index in [1.165, 1.54) is 10.4 Å². The standard InChI is InChI=1S/C24H33N3O4S/c1-18-7-6-14-27(17-18)32(29,30)22-9-5-8-20(15-22)24(28)25-16-23(26(2)3)19-10-12-21(31-4)13-11-19/h5,8-13,15,18,23H,6-7,14,16-17H2,1-4H3,(H,25,28)/t18-,23-/m0/s1. The molecule has 3 rings (SSSR count). The molecule has 0 aliphatic carbocycles. The predicted molar refractivity (Wildman–Crippen MR) is 125 cm³/mol. The lowest BCUT2D eigenvalue weighted by Crippen LogP contribution is -2.39. The van der Waals surface area contributed by atoms with E-state index in [4.69, 9.17) is 4.74 Å². The summed E-state index contributed by atoms with van der Waals surface area (Å²) in [6, 6.07) is 14.0. The lowest BCUT2D eigenvalue weighted by molar-refractivity contribution is 0.0941. The van der Waals surface area contributed by atoms with Gasteiger partial charge in [0.05, 0.1) is 18.0 Å². The number of amides is 1. The van der Waals surface area contributed by atoms with Gasteiger partial charge in [-0.25, -0.2) is 8.42 Å². The molecule has 174 valence electrons. The van der Waals surface area contributed by atoms with Crippen molar-refractivity contribution in [2.75, 3.05) is 40.8 Å². The molecule has 1 aliphatic heterocycles. The monoisotopic (exact) mass is 459 g/mol. The number of methoxy groups -OCH3 is 1. The average molecular weight is 460 g/mol. The number of hydrogen-bond acceptors (Lipinski definition) is 5. The molecule has 2 aromatic rings. The Hall–Kier alpha value is -2.42. The molecule has 2 aromatic carbocycles. The SMILES string of the molecule is COc1ccc([C@H](CNC(=O)c2cccc(S(=O)(=O)N3CCC[C@H](C)C3)c2)N(C)C)cc1. The van der Waals surface area contributed by atoms with E-state index in [1.807, 2.05) is 43.3 Å². The maximum Gasteiger partial charge on any atom is 0.251 e. The molecule has 0 bridgehead atoms. The summed E-state index contributed by atoms with van der Waals surface area (Å²) < 4.78 is 32.9. The topological polar surface area (TPSA) is 78.9 Å². The van der Waals surface area contributed by atoms with Crippen molar-refractivity contribution < 1.29 is 17.9 Å². The Kier molecular flexibility index (Phi) is 7.92. The molecule has 0 saturated carbocycles. The first-order chi connectivity index (χ1) is 15.2. The van der Waals surface area contributed by atoms with Crippen LogP contribution in [0.3, 0.4) is 0 Å². The number of nitrogens with one attached hydrogen (secondary N) is 1. The molecule has 1 N–H and O–H groups in total. The predicted octanol–water partition coefficient (Wildman–Crippen LogP) is 3.15. The summed E-state index contributed by atoms with van der Waals surface area (Å²) in [7, 11) is 1.92. The highest BCUT2D eigenvalue weighted by Crippen LogP contribution is 2.24. The van der Waals surface area contributed by atoms with Gasteiger partial charge in [-0.2, -0.15) is 4.31 Å². The molecule has 32 heavy (non-hydrogen) atoms. The number of ether oxygens (including phenoxy) is 1. The molecule has 0 spiro atoms. The van der Waals surface area contributed by atoms with E-state index in [0.717, 1.165) is 24.2 Å². The summed E-state index contributed by atoms with van der Waals surface area (Å²) in [6.07, 6.45) is 1.90. The summed E-state index contributed by atoms with van der Waals surface area (Å²) in [5.41, 5.74) is 1.38. The number of benzene rings is 2. The molecule has 0 radical (unpaired) electrons. The van der Waals surface area contributed by atoms with E-state index in [0.29, 0.717) is 31.1 Å². The van der Waals surface area contributed by atoms with Crippen LogP contribution in [0.25, 0.3) is 0 Å². The van der Waals surface area contributed by atoms with E-state index in [2.05, 4.69) is 12.2 Å². The highest BCUT2D eigenvalue weighted by molar-refractivity contribution is 7.89. The zero-order chi connectivity index (χ0) is 23.3. The van der Waals surface area contributed by atoms with Crippen molar-refractivity contribution in [2.24, 2.45) is 5.92 Å². The first-order valence-electron chi connectivity index (χ1n) is 10.9. The Bertz CT molecular complexity index is 1020. The van der Waals surface area contributed by atoms with Crippen LogP contribution in [-0.2, 0) is 10.0 Å². The number of likely N-dealkylation sites (N-methyl/N-ethyl adjacent to an activating group) is 1. The van der Waals surface area contributed by atoms with E-state index in [9.17, 15) is 13.2 Å². The van der Waals surface area contributed by atoms with Crippen molar-refractivity contribution in [3.63, 3.8) is 0 Å². The lowest BCUT2D eigenvalue weighted by Gasteiger charge is -2.30. The van der Waals surface area contributed by atoms with Crippen molar-refractivity contribution in [1.29, 1.82) is 0 Å². The molecule has 1 fully saturated rings. The molecule has 0 unspecified atom stereocenters. The number of carbonyl (C=O) groups is 1. The molecule has 2 atom stereocenters. The summed E-state index contributed by atoms with van der Waals surface area (Å²) in [6.45, 7) is 3.49. The fraction of sp³-hybridized carbons (Fsp3) is 0.458. The zero-order valence-corrected chi connectivity index (χ0v) is 20.1. The van der Waals surface area contributed by atoms with Gasteiger partial charge < -0.3 is 15.0 Å². The number of piperidine rings is 1. The van der Waals surface area contributed by atoms with Gasteiger partial charge in [-0.1, -0.05) is 25.1 Å². The Morgan fingerprint density at radius 1 is 1.22 bits per heavy atom. The molecule has 1 saturated heterocycles. The molecule has 7 nitrogen and oxygen atoms in total. The minimum absolute atomic E-state index is 0.0355. The Balaban J connectivity index is 1.72. The van der Waals surface area contributed by atoms with Gasteiger partial charge in [-0.15, -0.1) is 0 Å². The minimum atomic E-state index is -3.61. The fourth-order valence-electron chi connectivity index (χ4n) is 4.03. The van der Waals surface area contributed by atoms with Gasteiger partial charge in [-0.05, 0) is 68.8 Å². The van der Waals surface area contributed by atoms with Crippen LogP contribution < -0.4 is 10.1 Å². The molecule has 1 aliphatic rings. The van der Waals surface area contributed by atoms with Crippen molar-refractivity contribution >= 4 is 15.9 Å². The van der Waals surface area contributed by atoms with Crippen LogP contribution >= 0.6 is 0 Å². The van der Waals surface area contributed by atoms with Crippen molar-refractivity contribution in [2.45, 2.75) is 30.7 Å². The maximum atomic E-state index is 13.1. The zero-order valence-electron chi connectivity index (χ0n) is 19.2. The van der Waals surface area contributed by atoms with Gasteiger partial charge in [0.1, 0.15) is 5.75 Å². The van der Waals surface area contributed by atoms with Gasteiger partial charge in [0.25, 0.3) is 5.91 Å². The molecular weight excluding hydrogens is 426 g/mol. The summed E-state index contributed by atoms with van der Waals surface area (Å²) in [5, 5.41) is 2.95. The van der Waals surface area contributed by atoms with Gasteiger partial charge >= 0.3 is 0 Å². The van der Waals surface area contributed by atoms with Crippen LogP contribution in [0.1, 0.15) is 41.7 Å². The summed E-state index contributed by atoms with van der Waals surface area (Å²) in [4.78, 5) is 15.0. The number of hydrogen-bond donors (Lipinski definition) is 1. The van der Waals surface area contributed by atoms with E-state index in [-0.39, 0.29) is 16.8 Å². The Labute approximate surface area is 191 Å².